The van der Waals surface area contributed by atoms with Gasteiger partial charge in [-0.2, -0.15) is 0 Å². The Kier molecular flexibility index (Phi) is 10.9. The van der Waals surface area contributed by atoms with Crippen molar-refractivity contribution >= 4 is 11.1 Å². The lowest BCUT2D eigenvalue weighted by atomic mass is 9.90. The van der Waals surface area contributed by atoms with Crippen LogP contribution in [-0.2, 0) is 0 Å². The third kappa shape index (κ3) is 8.14. The number of ether oxygens (including phenoxy) is 3. The van der Waals surface area contributed by atoms with E-state index in [1.807, 2.05) is 37.3 Å². The molecule has 3 aromatic rings. The van der Waals surface area contributed by atoms with E-state index in [4.69, 9.17) is 14.2 Å². The number of methoxy groups -OCH3 is 1. The molecule has 6 heteroatoms. The van der Waals surface area contributed by atoms with Gasteiger partial charge in [-0.3, -0.25) is 9.80 Å². The summed E-state index contributed by atoms with van der Waals surface area (Å²) in [5.41, 5.74) is 4.93. The molecule has 224 valence electrons. The van der Waals surface area contributed by atoms with E-state index in [0.29, 0.717) is 13.2 Å². The standard InChI is InChI=1S/C36H45FN2O3/c1-28(31-13-18-35(40-2)34(37)27-31)36(29-9-14-32(15-10-29)41-25-23-38-19-5-3-6-20-38)30-11-16-33(17-12-30)42-26-24-39-21-7-4-8-22-39/h9-18,27H,3-8,19-26H2,1-2H3. The van der Waals surface area contributed by atoms with Crippen molar-refractivity contribution in [1.82, 2.24) is 9.80 Å². The minimum atomic E-state index is -0.372. The van der Waals surface area contributed by atoms with E-state index in [1.54, 1.807) is 12.1 Å². The van der Waals surface area contributed by atoms with Crippen LogP contribution in [0.2, 0.25) is 0 Å². The number of halogens is 1. The van der Waals surface area contributed by atoms with E-state index in [1.165, 1.54) is 71.8 Å². The molecule has 5 nitrogen and oxygen atoms in total. The van der Waals surface area contributed by atoms with Gasteiger partial charge in [-0.05, 0) is 123 Å². The van der Waals surface area contributed by atoms with Gasteiger partial charge in [0.1, 0.15) is 24.7 Å². The van der Waals surface area contributed by atoms with Crippen LogP contribution in [0.4, 0.5) is 4.39 Å². The van der Waals surface area contributed by atoms with E-state index in [2.05, 4.69) is 34.1 Å². The fourth-order valence-corrected chi connectivity index (χ4v) is 6.03. The third-order valence-electron chi connectivity index (χ3n) is 8.50. The number of rotatable bonds is 12. The Bertz CT molecular complexity index is 1220. The molecule has 2 aliphatic rings. The van der Waals surface area contributed by atoms with Gasteiger partial charge in [-0.25, -0.2) is 4.39 Å². The topological polar surface area (TPSA) is 34.2 Å². The third-order valence-corrected chi connectivity index (χ3v) is 8.50. The average molecular weight is 573 g/mol. The molecule has 0 unspecified atom stereocenters. The zero-order valence-corrected chi connectivity index (χ0v) is 25.2. The molecular weight excluding hydrogens is 527 g/mol. The maximum atomic E-state index is 14.7. The number of benzene rings is 3. The largest absolute Gasteiger partial charge is 0.494 e. The summed E-state index contributed by atoms with van der Waals surface area (Å²) >= 11 is 0. The van der Waals surface area contributed by atoms with E-state index in [-0.39, 0.29) is 11.6 Å². The fraction of sp³-hybridized carbons (Fsp3) is 0.444. The van der Waals surface area contributed by atoms with E-state index >= 15 is 0 Å². The molecule has 0 spiro atoms. The van der Waals surface area contributed by atoms with Gasteiger partial charge in [0, 0.05) is 13.1 Å². The fourth-order valence-electron chi connectivity index (χ4n) is 6.03. The number of hydrogen-bond donors (Lipinski definition) is 0. The minimum absolute atomic E-state index is 0.241. The SMILES string of the molecule is COc1ccc(C(C)=C(c2ccc(OCCN3CCCCC3)cc2)c2ccc(OCCN3CCCCC3)cc2)cc1F. The molecule has 0 bridgehead atoms. The molecule has 0 aliphatic carbocycles. The molecule has 2 fully saturated rings. The van der Waals surface area contributed by atoms with Gasteiger partial charge in [0.2, 0.25) is 0 Å². The Morgan fingerprint density at radius 1 is 0.643 bits per heavy atom. The van der Waals surface area contributed by atoms with Crippen LogP contribution in [0.25, 0.3) is 11.1 Å². The summed E-state index contributed by atoms with van der Waals surface area (Å²) in [6, 6.07) is 21.7. The molecule has 2 aliphatic heterocycles. The monoisotopic (exact) mass is 572 g/mol. The second-order valence-electron chi connectivity index (χ2n) is 11.4. The highest BCUT2D eigenvalue weighted by atomic mass is 19.1. The molecule has 2 saturated heterocycles. The predicted octanol–water partition coefficient (Wildman–Crippen LogP) is 7.54. The Hall–Kier alpha value is -3.35. The van der Waals surface area contributed by atoms with Crippen LogP contribution < -0.4 is 14.2 Å². The first kappa shape index (κ1) is 30.1. The number of hydrogen-bond acceptors (Lipinski definition) is 5. The molecule has 3 aromatic carbocycles. The molecule has 5 rings (SSSR count). The minimum Gasteiger partial charge on any atom is -0.494 e. The Morgan fingerprint density at radius 3 is 1.52 bits per heavy atom. The van der Waals surface area contributed by atoms with E-state index in [9.17, 15) is 4.39 Å². The van der Waals surface area contributed by atoms with Crippen molar-refractivity contribution in [2.75, 3.05) is 59.6 Å². The van der Waals surface area contributed by atoms with Crippen LogP contribution in [0.5, 0.6) is 17.2 Å². The first-order valence-corrected chi connectivity index (χ1v) is 15.6. The van der Waals surface area contributed by atoms with Gasteiger partial charge in [-0.1, -0.05) is 43.2 Å². The summed E-state index contributed by atoms with van der Waals surface area (Å²) in [6.07, 6.45) is 7.82. The van der Waals surface area contributed by atoms with Crippen LogP contribution in [0.3, 0.4) is 0 Å². The van der Waals surface area contributed by atoms with Gasteiger partial charge in [0.15, 0.2) is 11.6 Å². The quantitative estimate of drug-likeness (QED) is 0.210. The first-order valence-electron chi connectivity index (χ1n) is 15.6. The number of likely N-dealkylation sites (tertiary alicyclic amines) is 2. The number of piperidine rings is 2. The van der Waals surface area contributed by atoms with Crippen molar-refractivity contribution in [3.8, 4) is 17.2 Å². The Balaban J connectivity index is 1.33. The van der Waals surface area contributed by atoms with Gasteiger partial charge in [0.25, 0.3) is 0 Å². The second-order valence-corrected chi connectivity index (χ2v) is 11.4. The smallest absolute Gasteiger partial charge is 0.165 e. The van der Waals surface area contributed by atoms with Crippen molar-refractivity contribution in [3.05, 3.63) is 89.2 Å². The van der Waals surface area contributed by atoms with Crippen LogP contribution in [0.15, 0.2) is 66.7 Å². The molecule has 0 atom stereocenters. The highest BCUT2D eigenvalue weighted by Gasteiger charge is 2.15. The number of allylic oxidation sites excluding steroid dienone is 1. The molecule has 42 heavy (non-hydrogen) atoms. The molecular formula is C36H45FN2O3. The van der Waals surface area contributed by atoms with Crippen molar-refractivity contribution in [1.29, 1.82) is 0 Å². The first-order chi connectivity index (χ1) is 20.6. The highest BCUT2D eigenvalue weighted by molar-refractivity contribution is 5.98. The molecule has 0 radical (unpaired) electrons. The normalized spacial score (nSPS) is 16.2. The Labute approximate surface area is 250 Å². The summed E-state index contributed by atoms with van der Waals surface area (Å²) < 4.78 is 32.0. The van der Waals surface area contributed by atoms with Crippen LogP contribution in [-0.4, -0.2) is 69.4 Å². The van der Waals surface area contributed by atoms with Crippen molar-refractivity contribution < 1.29 is 18.6 Å². The lowest BCUT2D eigenvalue weighted by molar-refractivity contribution is 0.183. The van der Waals surface area contributed by atoms with E-state index in [0.717, 1.165) is 52.4 Å². The summed E-state index contributed by atoms with van der Waals surface area (Å²) in [6.45, 7) is 10.0. The summed E-state index contributed by atoms with van der Waals surface area (Å²) in [5, 5.41) is 0. The molecule has 0 amide bonds. The average Bonchev–Trinajstić information content (AvgIpc) is 3.03. The zero-order valence-electron chi connectivity index (χ0n) is 25.2. The molecule has 0 saturated carbocycles. The van der Waals surface area contributed by atoms with Gasteiger partial charge >= 0.3 is 0 Å². The van der Waals surface area contributed by atoms with Crippen LogP contribution in [0.1, 0.15) is 62.1 Å². The summed E-state index contributed by atoms with van der Waals surface area (Å²) in [7, 11) is 1.48. The lowest BCUT2D eigenvalue weighted by Crippen LogP contribution is -2.33. The number of nitrogens with zero attached hydrogens (tertiary/aromatic N) is 2. The molecule has 2 heterocycles. The second kappa shape index (κ2) is 15.2. The van der Waals surface area contributed by atoms with Gasteiger partial charge in [0.05, 0.1) is 7.11 Å². The lowest BCUT2D eigenvalue weighted by Gasteiger charge is -2.26. The van der Waals surface area contributed by atoms with Crippen LogP contribution in [0, 0.1) is 5.82 Å². The van der Waals surface area contributed by atoms with Crippen molar-refractivity contribution in [2.24, 2.45) is 0 Å². The maximum Gasteiger partial charge on any atom is 0.165 e. The molecule has 0 N–H and O–H groups in total. The van der Waals surface area contributed by atoms with Crippen molar-refractivity contribution in [2.45, 2.75) is 45.4 Å². The van der Waals surface area contributed by atoms with Crippen molar-refractivity contribution in [3.63, 3.8) is 0 Å². The zero-order chi connectivity index (χ0) is 29.1. The summed E-state index contributed by atoms with van der Waals surface area (Å²) in [4.78, 5) is 4.97. The van der Waals surface area contributed by atoms with Gasteiger partial charge < -0.3 is 14.2 Å². The predicted molar refractivity (Wildman–Crippen MR) is 169 cm³/mol. The van der Waals surface area contributed by atoms with Gasteiger partial charge in [-0.15, -0.1) is 0 Å². The van der Waals surface area contributed by atoms with Crippen LogP contribution >= 0.6 is 0 Å². The summed E-state index contributed by atoms with van der Waals surface area (Å²) in [5.74, 6) is 1.59. The highest BCUT2D eigenvalue weighted by Crippen LogP contribution is 2.35. The Morgan fingerprint density at radius 2 is 1.10 bits per heavy atom. The van der Waals surface area contributed by atoms with E-state index < -0.39 is 0 Å². The molecule has 0 aromatic heterocycles. The maximum absolute atomic E-state index is 14.7.